The lowest BCUT2D eigenvalue weighted by Crippen LogP contribution is -2.28. The predicted octanol–water partition coefficient (Wildman–Crippen LogP) is 14.6. The molecule has 2 unspecified atom stereocenters. The molecule has 9 heteroatoms. The topological polar surface area (TPSA) is 117 Å². The Labute approximate surface area is 352 Å². The minimum Gasteiger partial charge on any atom is -0.457 e. The molecule has 57 heavy (non-hydrogen) atoms. The number of phosphoric ester groups is 1. The fourth-order valence-corrected chi connectivity index (χ4v) is 7.53. The molecule has 0 radical (unpaired) electrons. The Morgan fingerprint density at radius 2 is 0.930 bits per heavy atom. The van der Waals surface area contributed by atoms with Crippen LogP contribution in [-0.4, -0.2) is 49.9 Å². The number of carbonyl (C=O) groups excluding carboxylic acids is 1. The van der Waals surface area contributed by atoms with E-state index in [1.165, 1.54) is 161 Å². The third-order valence-corrected chi connectivity index (χ3v) is 11.3. The van der Waals surface area contributed by atoms with Crippen molar-refractivity contribution in [2.75, 3.05) is 33.0 Å². The number of nitrogens with two attached hydrogens (primary N) is 1. The van der Waals surface area contributed by atoms with E-state index in [9.17, 15) is 14.3 Å². The number of unbranched alkanes of at least 4 members (excludes halogenated alkanes) is 27. The van der Waals surface area contributed by atoms with E-state index in [0.29, 0.717) is 13.0 Å². The van der Waals surface area contributed by atoms with Crippen LogP contribution in [0.15, 0.2) is 36.5 Å². The zero-order valence-electron chi connectivity index (χ0n) is 37.3. The van der Waals surface area contributed by atoms with Gasteiger partial charge < -0.3 is 20.1 Å². The van der Waals surface area contributed by atoms with Crippen LogP contribution in [-0.2, 0) is 27.9 Å². The number of hydrogen-bond acceptors (Lipinski definition) is 7. The van der Waals surface area contributed by atoms with Gasteiger partial charge in [-0.25, -0.2) is 4.57 Å². The zero-order chi connectivity index (χ0) is 41.6. The van der Waals surface area contributed by atoms with E-state index >= 15 is 0 Å². The van der Waals surface area contributed by atoms with Crippen LogP contribution in [0.5, 0.6) is 0 Å². The molecule has 336 valence electrons. The van der Waals surface area contributed by atoms with Crippen molar-refractivity contribution >= 4 is 13.8 Å². The first-order valence-corrected chi connectivity index (χ1v) is 25.5. The fraction of sp³-hybridized carbons (Fsp3) is 0.854. The van der Waals surface area contributed by atoms with Gasteiger partial charge in [-0.15, -0.1) is 0 Å². The standard InChI is InChI=1S/C48H92NO7P/c1-3-5-7-9-11-13-15-17-18-19-20-21-22-23-24-25-26-27-28-29-31-33-35-37-39-41-48(50)56-47(46-55-57(51,52)54-44-42-49)45-53-43-40-38-36-34-32-30-16-14-12-10-8-6-4-2/h15,17,19-20,22-23,47H,3-14,16,18,21,24-46,49H2,1-2H3,(H,51,52)/b17-15-,20-19-,23-22-. The highest BCUT2D eigenvalue weighted by Crippen LogP contribution is 2.43. The van der Waals surface area contributed by atoms with Gasteiger partial charge in [-0.05, 0) is 51.4 Å². The summed E-state index contributed by atoms with van der Waals surface area (Å²) in [6, 6.07) is 0. The van der Waals surface area contributed by atoms with Crippen LogP contribution in [0.25, 0.3) is 0 Å². The van der Waals surface area contributed by atoms with Gasteiger partial charge in [-0.1, -0.05) is 204 Å². The van der Waals surface area contributed by atoms with E-state index in [4.69, 9.17) is 24.3 Å². The Bertz CT molecular complexity index is 972. The first-order chi connectivity index (χ1) is 27.9. The minimum absolute atomic E-state index is 0.0951. The van der Waals surface area contributed by atoms with E-state index in [2.05, 4.69) is 50.3 Å². The van der Waals surface area contributed by atoms with Gasteiger partial charge in [0.05, 0.1) is 19.8 Å². The Balaban J connectivity index is 3.93. The lowest BCUT2D eigenvalue weighted by molar-refractivity contribution is -0.154. The monoisotopic (exact) mass is 826 g/mol. The number of ether oxygens (including phenoxy) is 2. The molecule has 2 atom stereocenters. The first-order valence-electron chi connectivity index (χ1n) is 24.0. The van der Waals surface area contributed by atoms with Gasteiger partial charge in [-0.2, -0.15) is 0 Å². The van der Waals surface area contributed by atoms with Crippen molar-refractivity contribution < 1.29 is 32.8 Å². The third-order valence-electron chi connectivity index (χ3n) is 10.3. The van der Waals surface area contributed by atoms with Gasteiger partial charge in [0.2, 0.25) is 0 Å². The molecule has 0 fully saturated rings. The van der Waals surface area contributed by atoms with E-state index in [1.807, 2.05) is 0 Å². The normalized spacial score (nSPS) is 13.7. The molecule has 0 aromatic carbocycles. The van der Waals surface area contributed by atoms with Crippen LogP contribution in [0, 0.1) is 0 Å². The Hall–Kier alpha value is -1.28. The molecule has 0 amide bonds. The van der Waals surface area contributed by atoms with Crippen molar-refractivity contribution in [1.29, 1.82) is 0 Å². The number of carbonyl (C=O) groups is 1. The number of allylic oxidation sites excluding steroid dienone is 6. The van der Waals surface area contributed by atoms with Crippen molar-refractivity contribution in [3.63, 3.8) is 0 Å². The first kappa shape index (κ1) is 55.7. The maximum atomic E-state index is 12.6. The molecule has 0 spiro atoms. The molecule has 0 heterocycles. The van der Waals surface area contributed by atoms with E-state index in [1.54, 1.807) is 0 Å². The van der Waals surface area contributed by atoms with Crippen molar-refractivity contribution in [3.05, 3.63) is 36.5 Å². The lowest BCUT2D eigenvalue weighted by Gasteiger charge is -2.20. The predicted molar refractivity (Wildman–Crippen MR) is 243 cm³/mol. The van der Waals surface area contributed by atoms with Gasteiger partial charge in [-0.3, -0.25) is 13.8 Å². The maximum Gasteiger partial charge on any atom is 0.472 e. The van der Waals surface area contributed by atoms with Gasteiger partial charge in [0.1, 0.15) is 6.10 Å². The highest BCUT2D eigenvalue weighted by molar-refractivity contribution is 7.47. The molecule has 0 aliphatic rings. The Kier molecular flexibility index (Phi) is 44.8. The van der Waals surface area contributed by atoms with Gasteiger partial charge in [0.15, 0.2) is 0 Å². The molecule has 0 rings (SSSR count). The van der Waals surface area contributed by atoms with E-state index < -0.39 is 13.9 Å². The smallest absolute Gasteiger partial charge is 0.457 e. The van der Waals surface area contributed by atoms with Gasteiger partial charge in [0, 0.05) is 19.6 Å². The van der Waals surface area contributed by atoms with Crippen molar-refractivity contribution in [2.24, 2.45) is 5.73 Å². The summed E-state index contributed by atoms with van der Waals surface area (Å²) in [7, 11) is -4.28. The second kappa shape index (κ2) is 45.8. The van der Waals surface area contributed by atoms with Crippen LogP contribution >= 0.6 is 7.82 Å². The third kappa shape index (κ3) is 45.7. The summed E-state index contributed by atoms with van der Waals surface area (Å²) in [6.07, 6.45) is 53.1. The van der Waals surface area contributed by atoms with Crippen molar-refractivity contribution in [2.45, 2.75) is 232 Å². The average Bonchev–Trinajstić information content (AvgIpc) is 3.20. The van der Waals surface area contributed by atoms with Crippen molar-refractivity contribution in [1.82, 2.24) is 0 Å². The Morgan fingerprint density at radius 3 is 1.39 bits per heavy atom. The van der Waals surface area contributed by atoms with Gasteiger partial charge >= 0.3 is 13.8 Å². The molecular formula is C48H92NO7P. The van der Waals surface area contributed by atoms with E-state index in [-0.39, 0.29) is 32.3 Å². The second-order valence-electron chi connectivity index (χ2n) is 16.0. The zero-order valence-corrected chi connectivity index (χ0v) is 38.2. The van der Waals surface area contributed by atoms with Crippen LogP contribution in [0.4, 0.5) is 0 Å². The number of rotatable bonds is 46. The average molecular weight is 826 g/mol. The summed E-state index contributed by atoms with van der Waals surface area (Å²) in [5.74, 6) is -0.332. The maximum absolute atomic E-state index is 12.6. The molecule has 0 aliphatic heterocycles. The molecule has 0 aromatic rings. The summed E-state index contributed by atoms with van der Waals surface area (Å²) >= 11 is 0. The quantitative estimate of drug-likeness (QED) is 0.0270. The summed E-state index contributed by atoms with van der Waals surface area (Å²) < 4.78 is 33.5. The van der Waals surface area contributed by atoms with Crippen LogP contribution in [0.1, 0.15) is 226 Å². The second-order valence-corrected chi connectivity index (χ2v) is 17.4. The number of esters is 1. The summed E-state index contributed by atoms with van der Waals surface area (Å²) in [5.41, 5.74) is 5.38. The summed E-state index contributed by atoms with van der Waals surface area (Å²) in [6.45, 7) is 4.94. The number of hydrogen-bond donors (Lipinski definition) is 2. The van der Waals surface area contributed by atoms with Crippen LogP contribution in [0.3, 0.4) is 0 Å². The lowest BCUT2D eigenvalue weighted by atomic mass is 10.0. The van der Waals surface area contributed by atoms with E-state index in [0.717, 1.165) is 44.9 Å². The van der Waals surface area contributed by atoms with Crippen LogP contribution < -0.4 is 5.73 Å². The summed E-state index contributed by atoms with van der Waals surface area (Å²) in [5, 5.41) is 0. The molecule has 0 saturated carbocycles. The van der Waals surface area contributed by atoms with Crippen LogP contribution in [0.2, 0.25) is 0 Å². The SMILES string of the molecule is CCCCCCC/C=C\C/C=C\C/C=C\CCCCCCCCCCCCC(=O)OC(COCCCCCCCCCCCCCCC)COP(=O)(O)OCCN. The largest absolute Gasteiger partial charge is 0.472 e. The fourth-order valence-electron chi connectivity index (χ4n) is 6.77. The van der Waals surface area contributed by atoms with Crippen molar-refractivity contribution in [3.8, 4) is 0 Å². The molecule has 0 saturated heterocycles. The molecule has 0 bridgehead atoms. The molecule has 8 nitrogen and oxygen atoms in total. The summed E-state index contributed by atoms with van der Waals surface area (Å²) in [4.78, 5) is 22.5. The molecule has 0 aromatic heterocycles. The van der Waals surface area contributed by atoms with Gasteiger partial charge in [0.25, 0.3) is 0 Å². The highest BCUT2D eigenvalue weighted by Gasteiger charge is 2.25. The minimum atomic E-state index is -4.28. The molecule has 3 N–H and O–H groups in total. The highest BCUT2D eigenvalue weighted by atomic mass is 31.2. The number of phosphoric acid groups is 1. The molecule has 0 aliphatic carbocycles. The Morgan fingerprint density at radius 1 is 0.526 bits per heavy atom. The molecular weight excluding hydrogens is 734 g/mol.